The van der Waals surface area contributed by atoms with Gasteiger partial charge in [0, 0.05) is 10.9 Å². The van der Waals surface area contributed by atoms with E-state index in [9.17, 15) is 4.39 Å². The fraction of sp³-hybridized carbons (Fsp3) is 0.333. The molecule has 1 aromatic heterocycles. The lowest BCUT2D eigenvalue weighted by Crippen LogP contribution is -2.19. The number of benzene rings is 1. The maximum absolute atomic E-state index is 13.5. The van der Waals surface area contributed by atoms with Crippen molar-refractivity contribution in [2.45, 2.75) is 35.8 Å². The highest BCUT2D eigenvalue weighted by molar-refractivity contribution is 8.01. The fourth-order valence-corrected chi connectivity index (χ4v) is 5.07. The molecule has 1 aromatic carbocycles. The molecule has 19 heavy (non-hydrogen) atoms. The molecule has 1 aliphatic rings. The molecule has 0 fully saturated rings. The lowest BCUT2D eigenvalue weighted by Gasteiger charge is -2.28. The summed E-state index contributed by atoms with van der Waals surface area (Å²) in [5, 5.41) is 6.22. The van der Waals surface area contributed by atoms with Gasteiger partial charge in [0.1, 0.15) is 5.82 Å². The van der Waals surface area contributed by atoms with Gasteiger partial charge in [-0.15, -0.1) is 23.1 Å². The van der Waals surface area contributed by atoms with E-state index in [-0.39, 0.29) is 5.82 Å². The van der Waals surface area contributed by atoms with Crippen molar-refractivity contribution in [3.8, 4) is 0 Å². The average Bonchev–Trinajstić information content (AvgIpc) is 2.75. The first-order valence-electron chi connectivity index (χ1n) is 6.39. The second-order valence-corrected chi connectivity index (χ2v) is 7.66. The summed E-state index contributed by atoms with van der Waals surface area (Å²) in [6, 6.07) is 7.61. The van der Waals surface area contributed by atoms with Gasteiger partial charge < -0.3 is 5.32 Å². The minimum atomic E-state index is -0.175. The summed E-state index contributed by atoms with van der Waals surface area (Å²) in [4.78, 5) is 0. The van der Waals surface area contributed by atoms with Crippen molar-refractivity contribution in [1.82, 2.24) is 0 Å². The van der Waals surface area contributed by atoms with Crippen LogP contribution in [0.5, 0.6) is 0 Å². The highest BCUT2D eigenvalue weighted by atomic mass is 32.2. The van der Waals surface area contributed by atoms with Gasteiger partial charge >= 0.3 is 0 Å². The molecule has 1 aliphatic heterocycles. The van der Waals surface area contributed by atoms with Crippen molar-refractivity contribution in [2.75, 3.05) is 5.32 Å². The minimum Gasteiger partial charge on any atom is -0.378 e. The van der Waals surface area contributed by atoms with Crippen molar-refractivity contribution in [3.63, 3.8) is 0 Å². The van der Waals surface area contributed by atoms with Gasteiger partial charge in [0.2, 0.25) is 0 Å². The highest BCUT2D eigenvalue weighted by Crippen LogP contribution is 2.44. The number of thiophene rings is 1. The van der Waals surface area contributed by atoms with Crippen molar-refractivity contribution >= 4 is 28.8 Å². The number of thioether (sulfide) groups is 1. The van der Waals surface area contributed by atoms with Gasteiger partial charge in [-0.25, -0.2) is 4.39 Å². The van der Waals surface area contributed by atoms with Crippen LogP contribution < -0.4 is 5.32 Å². The van der Waals surface area contributed by atoms with E-state index in [0.29, 0.717) is 11.3 Å². The zero-order chi connectivity index (χ0) is 13.4. The van der Waals surface area contributed by atoms with E-state index in [0.717, 1.165) is 17.7 Å². The maximum atomic E-state index is 13.5. The van der Waals surface area contributed by atoms with E-state index in [4.69, 9.17) is 0 Å². The number of halogens is 1. The normalized spacial score (nSPS) is 22.1. The molecular weight excluding hydrogens is 277 g/mol. The number of anilines is 1. The van der Waals surface area contributed by atoms with E-state index >= 15 is 0 Å². The summed E-state index contributed by atoms with van der Waals surface area (Å²) >= 11 is 3.74. The second kappa shape index (κ2) is 5.17. The Labute approximate surface area is 121 Å². The number of aryl methyl sites for hydroxylation is 1. The Morgan fingerprint density at radius 2 is 2.16 bits per heavy atom. The zero-order valence-electron chi connectivity index (χ0n) is 10.9. The number of fused-ring (bicyclic) bond motifs is 1. The van der Waals surface area contributed by atoms with E-state index in [1.54, 1.807) is 23.5 Å². The SMILES string of the molecule is Cc1cc(F)cc(NC2C[C@H](C)Sc3sccc32)c1. The first-order valence-corrected chi connectivity index (χ1v) is 8.15. The molecule has 1 unspecified atom stereocenters. The molecule has 2 heterocycles. The van der Waals surface area contributed by atoms with Crippen LogP contribution in [0, 0.1) is 12.7 Å². The summed E-state index contributed by atoms with van der Waals surface area (Å²) in [7, 11) is 0. The second-order valence-electron chi connectivity index (χ2n) is 5.04. The van der Waals surface area contributed by atoms with Crippen LogP contribution in [0.1, 0.15) is 30.5 Å². The molecule has 0 bridgehead atoms. The van der Waals surface area contributed by atoms with Gasteiger partial charge in [0.15, 0.2) is 0 Å². The maximum Gasteiger partial charge on any atom is 0.125 e. The molecule has 1 N–H and O–H groups in total. The van der Waals surface area contributed by atoms with E-state index in [2.05, 4.69) is 23.7 Å². The molecular formula is C15H16FNS2. The monoisotopic (exact) mass is 293 g/mol. The van der Waals surface area contributed by atoms with E-state index < -0.39 is 0 Å². The average molecular weight is 293 g/mol. The Morgan fingerprint density at radius 3 is 2.95 bits per heavy atom. The van der Waals surface area contributed by atoms with Crippen LogP contribution in [-0.2, 0) is 0 Å². The first-order chi connectivity index (χ1) is 9.11. The van der Waals surface area contributed by atoms with Crippen molar-refractivity contribution < 1.29 is 4.39 Å². The zero-order valence-corrected chi connectivity index (χ0v) is 12.6. The molecule has 0 aliphatic carbocycles. The summed E-state index contributed by atoms with van der Waals surface area (Å²) in [6.45, 7) is 4.17. The summed E-state index contributed by atoms with van der Waals surface area (Å²) < 4.78 is 14.8. The topological polar surface area (TPSA) is 12.0 Å². The van der Waals surface area contributed by atoms with Crippen LogP contribution in [0.15, 0.2) is 33.9 Å². The van der Waals surface area contributed by atoms with Crippen molar-refractivity contribution in [1.29, 1.82) is 0 Å². The molecule has 1 nitrogen and oxygen atoms in total. The van der Waals surface area contributed by atoms with Gasteiger partial charge in [0.05, 0.1) is 10.3 Å². The highest BCUT2D eigenvalue weighted by Gasteiger charge is 2.26. The van der Waals surface area contributed by atoms with E-state index in [1.165, 1.54) is 9.77 Å². The summed E-state index contributed by atoms with van der Waals surface area (Å²) in [5.41, 5.74) is 3.18. The standard InChI is InChI=1S/C15H16FNS2/c1-9-5-11(16)8-12(6-9)17-14-7-10(2)19-15-13(14)3-4-18-15/h3-6,8,10,14,17H,7H2,1-2H3/t10-,14?/m0/s1. The van der Waals surface area contributed by atoms with Crippen LogP contribution in [0.2, 0.25) is 0 Å². The minimum absolute atomic E-state index is 0.175. The van der Waals surface area contributed by atoms with Crippen LogP contribution in [-0.4, -0.2) is 5.25 Å². The Bertz CT molecular complexity index is 573. The molecule has 2 atom stereocenters. The first kappa shape index (κ1) is 13.0. The van der Waals surface area contributed by atoms with E-state index in [1.807, 2.05) is 24.8 Å². The van der Waals surface area contributed by atoms with Crippen LogP contribution >= 0.6 is 23.1 Å². The fourth-order valence-electron chi connectivity index (χ4n) is 2.51. The number of rotatable bonds is 2. The molecule has 2 aromatic rings. The molecule has 0 spiro atoms. The quantitative estimate of drug-likeness (QED) is 0.813. The number of hydrogen-bond acceptors (Lipinski definition) is 3. The van der Waals surface area contributed by atoms with Crippen LogP contribution in [0.25, 0.3) is 0 Å². The largest absolute Gasteiger partial charge is 0.378 e. The molecule has 4 heteroatoms. The third-order valence-electron chi connectivity index (χ3n) is 3.29. The van der Waals surface area contributed by atoms with Crippen LogP contribution in [0.3, 0.4) is 0 Å². The van der Waals surface area contributed by atoms with Gasteiger partial charge in [-0.1, -0.05) is 6.92 Å². The molecule has 100 valence electrons. The summed E-state index contributed by atoms with van der Waals surface area (Å²) in [5.74, 6) is -0.175. The van der Waals surface area contributed by atoms with Gasteiger partial charge in [-0.2, -0.15) is 0 Å². The van der Waals surface area contributed by atoms with Gasteiger partial charge in [0.25, 0.3) is 0 Å². The predicted octanol–water partition coefficient (Wildman–Crippen LogP) is 5.23. The molecule has 3 rings (SSSR count). The predicted molar refractivity (Wildman–Crippen MR) is 81.8 cm³/mol. The van der Waals surface area contributed by atoms with Crippen molar-refractivity contribution in [3.05, 3.63) is 46.6 Å². The van der Waals surface area contributed by atoms with Gasteiger partial charge in [-0.3, -0.25) is 0 Å². The molecule has 0 radical (unpaired) electrons. The lowest BCUT2D eigenvalue weighted by atomic mass is 10.0. The number of hydrogen-bond donors (Lipinski definition) is 1. The molecule has 0 amide bonds. The Hall–Kier alpha value is -1.00. The Morgan fingerprint density at radius 1 is 1.32 bits per heavy atom. The third kappa shape index (κ3) is 2.79. The Balaban J connectivity index is 1.88. The number of nitrogens with one attached hydrogen (secondary N) is 1. The van der Waals surface area contributed by atoms with Crippen molar-refractivity contribution in [2.24, 2.45) is 0 Å². The Kier molecular flexibility index (Phi) is 3.54. The summed E-state index contributed by atoms with van der Waals surface area (Å²) in [6.07, 6.45) is 1.07. The lowest BCUT2D eigenvalue weighted by molar-refractivity contribution is 0.624. The molecule has 0 saturated heterocycles. The third-order valence-corrected chi connectivity index (χ3v) is 5.64. The van der Waals surface area contributed by atoms with Crippen LogP contribution in [0.4, 0.5) is 10.1 Å². The van der Waals surface area contributed by atoms with Gasteiger partial charge in [-0.05, 0) is 54.1 Å². The smallest absolute Gasteiger partial charge is 0.125 e. The molecule has 0 saturated carbocycles.